The largest absolute Gasteiger partial charge is 0.323 e. The summed E-state index contributed by atoms with van der Waals surface area (Å²) in [5.74, 6) is 0. The molecular formula is C19H17N3O3S. The van der Waals surface area contributed by atoms with Gasteiger partial charge in [-0.25, -0.2) is 18.4 Å². The lowest BCUT2D eigenvalue weighted by molar-refractivity contribution is 0.262. The van der Waals surface area contributed by atoms with Gasteiger partial charge in [0.05, 0.1) is 11.4 Å². The third kappa shape index (κ3) is 4.08. The van der Waals surface area contributed by atoms with Crippen molar-refractivity contribution >= 4 is 27.4 Å². The maximum atomic E-state index is 12.4. The molecule has 0 spiro atoms. The van der Waals surface area contributed by atoms with Crippen LogP contribution in [0, 0.1) is 0 Å². The Kier molecular flexibility index (Phi) is 5.01. The maximum Gasteiger partial charge on any atom is 0.323 e. The molecule has 0 saturated carbocycles. The van der Waals surface area contributed by atoms with Crippen LogP contribution in [0.3, 0.4) is 0 Å². The minimum atomic E-state index is -3.95. The summed E-state index contributed by atoms with van der Waals surface area (Å²) in [6.07, 6.45) is 0. The van der Waals surface area contributed by atoms with Crippen molar-refractivity contribution in [1.29, 1.82) is 0 Å². The van der Waals surface area contributed by atoms with E-state index in [9.17, 15) is 13.2 Å². The van der Waals surface area contributed by atoms with Crippen LogP contribution in [0.5, 0.6) is 0 Å². The smallest absolute Gasteiger partial charge is 0.307 e. The second-order valence-corrected chi connectivity index (χ2v) is 7.06. The molecule has 4 N–H and O–H groups in total. The van der Waals surface area contributed by atoms with Gasteiger partial charge in [0.2, 0.25) is 10.0 Å². The Hall–Kier alpha value is -3.16. The van der Waals surface area contributed by atoms with Gasteiger partial charge in [0.15, 0.2) is 0 Å². The van der Waals surface area contributed by atoms with Crippen molar-refractivity contribution in [1.82, 2.24) is 0 Å². The molecule has 0 unspecified atom stereocenters. The van der Waals surface area contributed by atoms with Crippen LogP contribution >= 0.6 is 0 Å². The average molecular weight is 367 g/mol. The summed E-state index contributed by atoms with van der Waals surface area (Å²) in [7, 11) is -3.95. The highest BCUT2D eigenvalue weighted by Crippen LogP contribution is 2.28. The van der Waals surface area contributed by atoms with E-state index in [2.05, 4.69) is 10.6 Å². The monoisotopic (exact) mass is 367 g/mol. The van der Waals surface area contributed by atoms with Crippen LogP contribution in [0.2, 0.25) is 0 Å². The SMILES string of the molecule is NS(=O)(=O)c1ccccc1NC(=O)Nc1ccccc1-c1ccccc1. The lowest BCUT2D eigenvalue weighted by Crippen LogP contribution is -2.22. The minimum absolute atomic E-state index is 0.115. The summed E-state index contributed by atoms with van der Waals surface area (Å²) in [4.78, 5) is 12.2. The molecule has 0 aromatic heterocycles. The fourth-order valence-corrected chi connectivity index (χ4v) is 3.25. The Morgan fingerprint density at radius 3 is 1.96 bits per heavy atom. The number of amides is 2. The van der Waals surface area contributed by atoms with Gasteiger partial charge in [-0.2, -0.15) is 0 Å². The molecule has 0 aliphatic heterocycles. The summed E-state index contributed by atoms with van der Waals surface area (Å²) in [5.41, 5.74) is 2.52. The molecule has 26 heavy (non-hydrogen) atoms. The molecule has 0 heterocycles. The fraction of sp³-hybridized carbons (Fsp3) is 0. The van der Waals surface area contributed by atoms with Gasteiger partial charge < -0.3 is 10.6 Å². The molecule has 0 saturated heterocycles. The van der Waals surface area contributed by atoms with Crippen LogP contribution in [0.4, 0.5) is 16.2 Å². The first-order chi connectivity index (χ1) is 12.4. The zero-order chi connectivity index (χ0) is 18.6. The normalized spacial score (nSPS) is 11.0. The number of benzene rings is 3. The molecule has 6 nitrogen and oxygen atoms in total. The van der Waals surface area contributed by atoms with Gasteiger partial charge in [0.1, 0.15) is 4.90 Å². The number of anilines is 2. The third-order valence-electron chi connectivity index (χ3n) is 3.70. The Balaban J connectivity index is 1.85. The fourth-order valence-electron chi connectivity index (χ4n) is 2.56. The predicted octanol–water partition coefficient (Wildman–Crippen LogP) is 3.65. The number of carbonyl (C=O) groups excluding carboxylic acids is 1. The number of sulfonamides is 1. The summed E-state index contributed by atoms with van der Waals surface area (Å²) >= 11 is 0. The number of para-hydroxylation sites is 2. The number of rotatable bonds is 4. The number of nitrogens with two attached hydrogens (primary N) is 1. The van der Waals surface area contributed by atoms with Crippen LogP contribution in [-0.4, -0.2) is 14.4 Å². The number of nitrogens with one attached hydrogen (secondary N) is 2. The number of hydrogen-bond acceptors (Lipinski definition) is 3. The molecule has 7 heteroatoms. The molecule has 0 atom stereocenters. The third-order valence-corrected chi connectivity index (χ3v) is 4.67. The van der Waals surface area contributed by atoms with E-state index in [1.165, 1.54) is 18.2 Å². The summed E-state index contributed by atoms with van der Waals surface area (Å²) in [6.45, 7) is 0. The van der Waals surface area contributed by atoms with Gasteiger partial charge >= 0.3 is 6.03 Å². The molecule has 132 valence electrons. The van der Waals surface area contributed by atoms with Crippen molar-refractivity contribution < 1.29 is 13.2 Å². The van der Waals surface area contributed by atoms with Gasteiger partial charge in [-0.3, -0.25) is 0 Å². The van der Waals surface area contributed by atoms with E-state index in [4.69, 9.17) is 5.14 Å². The Bertz CT molecular complexity index is 1030. The van der Waals surface area contributed by atoms with E-state index in [-0.39, 0.29) is 10.6 Å². The zero-order valence-electron chi connectivity index (χ0n) is 13.7. The Morgan fingerprint density at radius 2 is 1.27 bits per heavy atom. The van der Waals surface area contributed by atoms with Crippen LogP contribution in [0.15, 0.2) is 83.8 Å². The molecule has 0 bridgehead atoms. The molecule has 0 fully saturated rings. The van der Waals surface area contributed by atoms with Crippen LogP contribution in [-0.2, 0) is 10.0 Å². The summed E-state index contributed by atoms with van der Waals surface area (Å²) in [6, 6.07) is 22.4. The quantitative estimate of drug-likeness (QED) is 0.656. The van der Waals surface area contributed by atoms with Crippen molar-refractivity contribution in [3.63, 3.8) is 0 Å². The van der Waals surface area contributed by atoms with Gasteiger partial charge in [0.25, 0.3) is 0 Å². The van der Waals surface area contributed by atoms with Crippen molar-refractivity contribution in [2.75, 3.05) is 10.6 Å². The van der Waals surface area contributed by atoms with E-state index in [0.29, 0.717) is 5.69 Å². The van der Waals surface area contributed by atoms with Gasteiger partial charge in [-0.15, -0.1) is 0 Å². The summed E-state index contributed by atoms with van der Waals surface area (Å²) in [5, 5.41) is 10.5. The van der Waals surface area contributed by atoms with Gasteiger partial charge in [-0.05, 0) is 23.8 Å². The molecule has 0 aliphatic carbocycles. The first-order valence-electron chi connectivity index (χ1n) is 7.79. The summed E-state index contributed by atoms with van der Waals surface area (Å²) < 4.78 is 23.3. The number of primary sulfonamides is 1. The van der Waals surface area contributed by atoms with Crippen LogP contribution < -0.4 is 15.8 Å². The second-order valence-electron chi connectivity index (χ2n) is 5.53. The number of hydrogen-bond donors (Lipinski definition) is 3. The zero-order valence-corrected chi connectivity index (χ0v) is 14.5. The lowest BCUT2D eigenvalue weighted by Gasteiger charge is -2.13. The highest BCUT2D eigenvalue weighted by atomic mass is 32.2. The highest BCUT2D eigenvalue weighted by Gasteiger charge is 2.15. The van der Waals surface area contributed by atoms with E-state index in [0.717, 1.165) is 11.1 Å². The van der Waals surface area contributed by atoms with Gasteiger partial charge in [-0.1, -0.05) is 60.7 Å². The van der Waals surface area contributed by atoms with E-state index in [1.807, 2.05) is 42.5 Å². The van der Waals surface area contributed by atoms with Gasteiger partial charge in [0, 0.05) is 5.56 Å². The second kappa shape index (κ2) is 7.38. The highest BCUT2D eigenvalue weighted by molar-refractivity contribution is 7.89. The number of urea groups is 1. The van der Waals surface area contributed by atoms with Crippen molar-refractivity contribution in [3.05, 3.63) is 78.9 Å². The number of carbonyl (C=O) groups is 1. The maximum absolute atomic E-state index is 12.4. The van der Waals surface area contributed by atoms with E-state index >= 15 is 0 Å². The molecular weight excluding hydrogens is 350 g/mol. The Morgan fingerprint density at radius 1 is 0.731 bits per heavy atom. The van der Waals surface area contributed by atoms with E-state index in [1.54, 1.807) is 18.2 Å². The minimum Gasteiger partial charge on any atom is -0.307 e. The average Bonchev–Trinajstić information content (AvgIpc) is 2.62. The molecule has 0 aliphatic rings. The first-order valence-corrected chi connectivity index (χ1v) is 9.34. The molecule has 0 radical (unpaired) electrons. The van der Waals surface area contributed by atoms with Crippen molar-refractivity contribution in [3.8, 4) is 11.1 Å². The first kappa shape index (κ1) is 17.7. The standard InChI is InChI=1S/C19H17N3O3S/c20-26(24,25)18-13-7-6-12-17(18)22-19(23)21-16-11-5-4-10-15(16)14-8-2-1-3-9-14/h1-13H,(H2,20,24,25)(H2,21,22,23). The molecule has 3 aromatic carbocycles. The van der Waals surface area contributed by atoms with Crippen LogP contribution in [0.1, 0.15) is 0 Å². The van der Waals surface area contributed by atoms with E-state index < -0.39 is 16.1 Å². The van der Waals surface area contributed by atoms with Crippen LogP contribution in [0.25, 0.3) is 11.1 Å². The molecule has 2 amide bonds. The Labute approximate surface area is 151 Å². The topological polar surface area (TPSA) is 101 Å². The van der Waals surface area contributed by atoms with Crippen molar-refractivity contribution in [2.45, 2.75) is 4.90 Å². The molecule has 3 aromatic rings. The lowest BCUT2D eigenvalue weighted by atomic mass is 10.0. The van der Waals surface area contributed by atoms with Crippen molar-refractivity contribution in [2.24, 2.45) is 5.14 Å². The molecule has 3 rings (SSSR count). The predicted molar refractivity (Wildman–Crippen MR) is 102 cm³/mol.